The summed E-state index contributed by atoms with van der Waals surface area (Å²) in [5.74, 6) is -0.566. The topological polar surface area (TPSA) is 129 Å². The van der Waals surface area contributed by atoms with Crippen LogP contribution in [0.4, 0.5) is 0 Å². The molecule has 1 atom stereocenters. The van der Waals surface area contributed by atoms with E-state index in [-0.39, 0.29) is 35.6 Å². The third-order valence-corrected chi connectivity index (χ3v) is 8.54. The predicted molar refractivity (Wildman–Crippen MR) is 176 cm³/mol. The third-order valence-electron chi connectivity index (χ3n) is 7.56. The van der Waals surface area contributed by atoms with Gasteiger partial charge in [-0.25, -0.2) is 4.98 Å². The van der Waals surface area contributed by atoms with Crippen molar-refractivity contribution in [1.82, 2.24) is 20.5 Å². The first-order chi connectivity index (χ1) is 20.9. The summed E-state index contributed by atoms with van der Waals surface area (Å²) in [6.45, 7) is 9.30. The van der Waals surface area contributed by atoms with Crippen LogP contribution >= 0.6 is 11.3 Å². The summed E-state index contributed by atoms with van der Waals surface area (Å²) < 4.78 is 0. The molecule has 9 nitrogen and oxygen atoms in total. The number of carboxylic acid groups (broad SMARTS) is 1. The minimum absolute atomic E-state index is 0.0536. The first kappa shape index (κ1) is 36.9. The molecule has 2 aromatic rings. The quantitative estimate of drug-likeness (QED) is 0.194. The molecule has 1 aromatic heterocycles. The maximum atomic E-state index is 12.7. The number of rotatable bonds is 15. The molecule has 1 saturated heterocycles. The van der Waals surface area contributed by atoms with Gasteiger partial charge in [-0.3, -0.25) is 19.2 Å². The number of hydrogen-bond donors (Lipinski definition) is 3. The highest BCUT2D eigenvalue weighted by molar-refractivity contribution is 7.13. The van der Waals surface area contributed by atoms with Crippen molar-refractivity contribution in [3.63, 3.8) is 0 Å². The molecule has 0 bridgehead atoms. The van der Waals surface area contributed by atoms with Crippen LogP contribution in [0, 0.1) is 12.3 Å². The van der Waals surface area contributed by atoms with Crippen LogP contribution in [-0.4, -0.2) is 58.3 Å². The van der Waals surface area contributed by atoms with Gasteiger partial charge in [-0.05, 0) is 49.1 Å². The van der Waals surface area contributed by atoms with Crippen LogP contribution in [0.5, 0.6) is 0 Å². The molecule has 3 N–H and O–H groups in total. The lowest BCUT2D eigenvalue weighted by Crippen LogP contribution is -2.46. The van der Waals surface area contributed by atoms with Crippen molar-refractivity contribution in [2.45, 2.75) is 117 Å². The van der Waals surface area contributed by atoms with Gasteiger partial charge in [0.15, 0.2) is 0 Å². The predicted octanol–water partition coefficient (Wildman–Crippen LogP) is 6.49. The Hall–Kier alpha value is -3.27. The number of amides is 3. The van der Waals surface area contributed by atoms with Crippen molar-refractivity contribution in [2.24, 2.45) is 5.41 Å². The molecule has 1 aliphatic heterocycles. The number of carbonyl (C=O) groups excluding carboxylic acids is 3. The molecular formula is C34H52N4O5S. The van der Waals surface area contributed by atoms with Crippen LogP contribution in [0.1, 0.15) is 109 Å². The average Bonchev–Trinajstić information content (AvgIpc) is 3.64. The molecule has 3 amide bonds. The Morgan fingerprint density at radius 1 is 0.977 bits per heavy atom. The maximum absolute atomic E-state index is 12.7. The number of nitrogens with zero attached hydrogens (tertiary/aromatic N) is 2. The van der Waals surface area contributed by atoms with Gasteiger partial charge >= 0.3 is 5.97 Å². The number of carbonyl (C=O) groups is 4. The summed E-state index contributed by atoms with van der Waals surface area (Å²) >= 11 is 1.63. The lowest BCUT2D eigenvalue weighted by molar-refractivity contribution is -0.139. The maximum Gasteiger partial charge on any atom is 0.303 e. The number of carboxylic acids is 1. The van der Waals surface area contributed by atoms with E-state index in [1.165, 1.54) is 4.88 Å². The fraction of sp³-hybridized carbons (Fsp3) is 0.618. The molecule has 0 radical (unpaired) electrons. The SMILES string of the molecule is CNC(=O)CCCCCCCCCC(=O)O.Cc1ncsc1-c1ccc(CNC(=O)C2CCCN2C(=O)CC(C)(C)C)cc1. The molecule has 1 aromatic carbocycles. The number of aromatic nitrogens is 1. The van der Waals surface area contributed by atoms with Crippen molar-refractivity contribution < 1.29 is 24.3 Å². The molecule has 44 heavy (non-hydrogen) atoms. The van der Waals surface area contributed by atoms with E-state index in [0.717, 1.165) is 74.6 Å². The van der Waals surface area contributed by atoms with Crippen LogP contribution in [0.3, 0.4) is 0 Å². The van der Waals surface area contributed by atoms with Gasteiger partial charge in [-0.1, -0.05) is 77.1 Å². The fourth-order valence-electron chi connectivity index (χ4n) is 5.12. The Morgan fingerprint density at radius 2 is 1.59 bits per heavy atom. The Kier molecular flexibility index (Phi) is 16.1. The first-order valence-corrected chi connectivity index (χ1v) is 16.8. The number of nitrogens with one attached hydrogen (secondary N) is 2. The molecular weight excluding hydrogens is 576 g/mol. The zero-order valence-electron chi connectivity index (χ0n) is 27.2. The van der Waals surface area contributed by atoms with E-state index in [9.17, 15) is 19.2 Å². The van der Waals surface area contributed by atoms with E-state index >= 15 is 0 Å². The Bertz CT molecular complexity index is 1190. The summed E-state index contributed by atoms with van der Waals surface area (Å²) in [6, 6.07) is 7.86. The van der Waals surface area contributed by atoms with Gasteiger partial charge < -0.3 is 20.6 Å². The molecule has 0 spiro atoms. The van der Waals surface area contributed by atoms with Crippen LogP contribution < -0.4 is 10.6 Å². The Labute approximate surface area is 267 Å². The lowest BCUT2D eigenvalue weighted by Gasteiger charge is -2.27. The van der Waals surface area contributed by atoms with Gasteiger partial charge in [0.25, 0.3) is 0 Å². The average molecular weight is 629 g/mol. The molecule has 1 fully saturated rings. The molecule has 10 heteroatoms. The van der Waals surface area contributed by atoms with Crippen LogP contribution in [0.25, 0.3) is 10.4 Å². The second-order valence-corrected chi connectivity index (χ2v) is 13.6. The standard InChI is InChI=1S/C22H29N3O2S.C12H23NO3/c1-15-20(28-14-24-15)17-9-7-16(8-10-17)13-23-21(27)18-6-5-11-25(18)19(26)12-22(2,3)4;1-13-11(14)9-7-5-3-2-4-6-8-10-12(15)16/h7-10,14,18H,5-6,11-13H2,1-4H3,(H,23,27);2-10H2,1H3,(H,13,14)(H,15,16). The highest BCUT2D eigenvalue weighted by atomic mass is 32.1. The van der Waals surface area contributed by atoms with E-state index in [0.29, 0.717) is 25.9 Å². The zero-order chi connectivity index (χ0) is 32.5. The largest absolute Gasteiger partial charge is 0.481 e. The molecule has 3 rings (SSSR count). The highest BCUT2D eigenvalue weighted by Gasteiger charge is 2.35. The molecule has 1 unspecified atom stereocenters. The van der Waals surface area contributed by atoms with Gasteiger partial charge in [-0.2, -0.15) is 0 Å². The second kappa shape index (κ2) is 19.2. The lowest BCUT2D eigenvalue weighted by atomic mass is 9.91. The minimum Gasteiger partial charge on any atom is -0.481 e. The molecule has 2 heterocycles. The van der Waals surface area contributed by atoms with E-state index in [1.54, 1.807) is 23.3 Å². The number of hydrogen-bond acceptors (Lipinski definition) is 6. The number of benzene rings is 1. The van der Waals surface area contributed by atoms with Crippen molar-refractivity contribution in [2.75, 3.05) is 13.6 Å². The van der Waals surface area contributed by atoms with Crippen molar-refractivity contribution in [3.05, 3.63) is 41.0 Å². The summed E-state index contributed by atoms with van der Waals surface area (Å²) in [4.78, 5) is 53.6. The Morgan fingerprint density at radius 3 is 2.14 bits per heavy atom. The summed E-state index contributed by atoms with van der Waals surface area (Å²) in [5, 5.41) is 14.0. The summed E-state index contributed by atoms with van der Waals surface area (Å²) in [6.07, 6.45) is 10.2. The van der Waals surface area contributed by atoms with E-state index < -0.39 is 5.97 Å². The highest BCUT2D eigenvalue weighted by Crippen LogP contribution is 2.27. The van der Waals surface area contributed by atoms with Crippen molar-refractivity contribution in [1.29, 1.82) is 0 Å². The van der Waals surface area contributed by atoms with Crippen molar-refractivity contribution >= 4 is 35.0 Å². The number of unbranched alkanes of at least 4 members (excludes halogenated alkanes) is 6. The minimum atomic E-state index is -0.703. The molecule has 244 valence electrons. The smallest absolute Gasteiger partial charge is 0.303 e. The van der Waals surface area contributed by atoms with Gasteiger partial charge in [0.05, 0.1) is 16.1 Å². The third kappa shape index (κ3) is 14.0. The van der Waals surface area contributed by atoms with Crippen LogP contribution in [0.15, 0.2) is 29.8 Å². The zero-order valence-corrected chi connectivity index (χ0v) is 28.1. The van der Waals surface area contributed by atoms with Gasteiger partial charge in [0.2, 0.25) is 17.7 Å². The van der Waals surface area contributed by atoms with Crippen LogP contribution in [0.2, 0.25) is 0 Å². The van der Waals surface area contributed by atoms with Gasteiger partial charge in [0, 0.05) is 39.4 Å². The van der Waals surface area contributed by atoms with E-state index in [2.05, 4.69) is 27.8 Å². The second-order valence-electron chi connectivity index (χ2n) is 12.7. The number of aryl methyl sites for hydroxylation is 1. The van der Waals surface area contributed by atoms with Crippen molar-refractivity contribution in [3.8, 4) is 10.4 Å². The number of thiazole rings is 1. The van der Waals surface area contributed by atoms with Gasteiger partial charge in [-0.15, -0.1) is 11.3 Å². The van der Waals surface area contributed by atoms with Gasteiger partial charge in [0.1, 0.15) is 6.04 Å². The Balaban J connectivity index is 0.000000362. The number of aliphatic carboxylic acids is 1. The number of likely N-dealkylation sites (tertiary alicyclic amines) is 1. The first-order valence-electron chi connectivity index (χ1n) is 15.9. The van der Waals surface area contributed by atoms with E-state index in [1.807, 2.05) is 45.3 Å². The molecule has 1 aliphatic rings. The van der Waals surface area contributed by atoms with E-state index in [4.69, 9.17) is 5.11 Å². The molecule has 0 saturated carbocycles. The fourth-order valence-corrected chi connectivity index (χ4v) is 5.94. The summed E-state index contributed by atoms with van der Waals surface area (Å²) in [7, 11) is 1.66. The molecule has 0 aliphatic carbocycles. The van der Waals surface area contributed by atoms with Crippen LogP contribution in [-0.2, 0) is 25.7 Å². The summed E-state index contributed by atoms with van der Waals surface area (Å²) in [5.41, 5.74) is 5.01. The monoisotopic (exact) mass is 628 g/mol. The normalized spacial score (nSPS) is 14.5.